The molecule has 0 aliphatic rings. The summed E-state index contributed by atoms with van der Waals surface area (Å²) in [6.45, 7) is 2.86. The lowest BCUT2D eigenvalue weighted by atomic mass is 10.1. The van der Waals surface area contributed by atoms with Gasteiger partial charge in [-0.05, 0) is 42.3 Å². The molecule has 0 aliphatic heterocycles. The van der Waals surface area contributed by atoms with Gasteiger partial charge < -0.3 is 9.47 Å². The largest absolute Gasteiger partial charge is 0.493 e. The van der Waals surface area contributed by atoms with E-state index in [0.29, 0.717) is 18.1 Å². The van der Waals surface area contributed by atoms with Gasteiger partial charge in [-0.25, -0.2) is 5.43 Å². The zero-order valence-corrected chi connectivity index (χ0v) is 18.7. The summed E-state index contributed by atoms with van der Waals surface area (Å²) >= 11 is 0. The SMILES string of the molecule is CCCCCCCCCOc1ccc(/C=N/NC(=O)c2ccc([N+](=O)[O-])cc2)cc1OC. The minimum absolute atomic E-state index is 0.0774. The fourth-order valence-electron chi connectivity index (χ4n) is 3.09. The number of benzene rings is 2. The monoisotopic (exact) mass is 441 g/mol. The number of non-ortho nitro benzene ring substituents is 1. The molecule has 0 radical (unpaired) electrons. The second-order valence-electron chi connectivity index (χ2n) is 7.38. The van der Waals surface area contributed by atoms with Crippen LogP contribution in [0.2, 0.25) is 0 Å². The Morgan fingerprint density at radius 3 is 2.38 bits per heavy atom. The van der Waals surface area contributed by atoms with Crippen molar-refractivity contribution in [2.24, 2.45) is 5.10 Å². The number of nitrogens with one attached hydrogen (secondary N) is 1. The highest BCUT2D eigenvalue weighted by molar-refractivity contribution is 5.95. The molecule has 0 fully saturated rings. The number of nitro benzene ring substituents is 1. The lowest BCUT2D eigenvalue weighted by molar-refractivity contribution is -0.384. The van der Waals surface area contributed by atoms with Crippen LogP contribution in [0.25, 0.3) is 0 Å². The summed E-state index contributed by atoms with van der Waals surface area (Å²) in [5.41, 5.74) is 3.33. The molecule has 0 heterocycles. The number of hydrogen-bond donors (Lipinski definition) is 1. The zero-order valence-electron chi connectivity index (χ0n) is 18.7. The number of hydrogen-bond acceptors (Lipinski definition) is 6. The first-order valence-electron chi connectivity index (χ1n) is 10.9. The van der Waals surface area contributed by atoms with Gasteiger partial charge in [-0.15, -0.1) is 0 Å². The predicted molar refractivity (Wildman–Crippen MR) is 125 cm³/mol. The van der Waals surface area contributed by atoms with Gasteiger partial charge >= 0.3 is 0 Å². The van der Waals surface area contributed by atoms with Gasteiger partial charge in [0.2, 0.25) is 0 Å². The predicted octanol–water partition coefficient (Wildman–Crippen LogP) is 5.50. The molecule has 0 aromatic heterocycles. The number of rotatable bonds is 14. The van der Waals surface area contributed by atoms with Crippen molar-refractivity contribution in [1.29, 1.82) is 0 Å². The summed E-state index contributed by atoms with van der Waals surface area (Å²) in [4.78, 5) is 22.3. The third kappa shape index (κ3) is 8.37. The summed E-state index contributed by atoms with van der Waals surface area (Å²) in [6.07, 6.45) is 10.1. The van der Waals surface area contributed by atoms with Crippen molar-refractivity contribution in [2.75, 3.05) is 13.7 Å². The molecule has 0 saturated heterocycles. The highest BCUT2D eigenvalue weighted by Gasteiger charge is 2.09. The summed E-state index contributed by atoms with van der Waals surface area (Å²) in [7, 11) is 1.58. The van der Waals surface area contributed by atoms with Crippen molar-refractivity contribution < 1.29 is 19.2 Å². The van der Waals surface area contributed by atoms with E-state index in [1.807, 2.05) is 12.1 Å². The minimum atomic E-state index is -0.519. The maximum absolute atomic E-state index is 12.1. The first-order valence-corrected chi connectivity index (χ1v) is 10.9. The molecule has 0 unspecified atom stereocenters. The lowest BCUT2D eigenvalue weighted by Gasteiger charge is -2.11. The Kier molecular flexibility index (Phi) is 10.7. The Morgan fingerprint density at radius 1 is 1.03 bits per heavy atom. The zero-order chi connectivity index (χ0) is 23.2. The van der Waals surface area contributed by atoms with Gasteiger partial charge in [-0.2, -0.15) is 5.10 Å². The van der Waals surface area contributed by atoms with E-state index in [4.69, 9.17) is 9.47 Å². The summed E-state index contributed by atoms with van der Waals surface area (Å²) < 4.78 is 11.3. The van der Waals surface area contributed by atoms with Crippen molar-refractivity contribution in [3.63, 3.8) is 0 Å². The van der Waals surface area contributed by atoms with E-state index in [0.717, 1.165) is 18.4 Å². The quantitative estimate of drug-likeness (QED) is 0.180. The van der Waals surface area contributed by atoms with Gasteiger partial charge in [0.15, 0.2) is 11.5 Å². The number of carbonyl (C=O) groups is 1. The number of nitro groups is 1. The van der Waals surface area contributed by atoms with Crippen LogP contribution in [0.3, 0.4) is 0 Å². The number of hydrazone groups is 1. The molecule has 1 N–H and O–H groups in total. The van der Waals surface area contributed by atoms with Crippen molar-refractivity contribution in [3.8, 4) is 11.5 Å². The number of amides is 1. The molecule has 0 bridgehead atoms. The molecule has 0 aliphatic carbocycles. The second kappa shape index (κ2) is 13.8. The molecule has 8 nitrogen and oxygen atoms in total. The van der Waals surface area contributed by atoms with Crippen LogP contribution in [-0.2, 0) is 0 Å². The minimum Gasteiger partial charge on any atom is -0.493 e. The standard InChI is InChI=1S/C24H31N3O5/c1-3-4-5-6-7-8-9-16-32-22-15-10-19(17-23(22)31-2)18-25-26-24(28)20-11-13-21(14-12-20)27(29)30/h10-15,17-18H,3-9,16H2,1-2H3,(H,26,28)/b25-18+. The smallest absolute Gasteiger partial charge is 0.271 e. The van der Waals surface area contributed by atoms with Gasteiger partial charge in [0.1, 0.15) is 0 Å². The van der Waals surface area contributed by atoms with Crippen molar-refractivity contribution in [3.05, 3.63) is 63.7 Å². The Balaban J connectivity index is 1.81. The average Bonchev–Trinajstić information content (AvgIpc) is 2.81. The highest BCUT2D eigenvalue weighted by Crippen LogP contribution is 2.27. The Labute approximate surface area is 188 Å². The third-order valence-electron chi connectivity index (χ3n) is 4.91. The number of carbonyl (C=O) groups excluding carboxylic acids is 1. The van der Waals surface area contributed by atoms with Gasteiger partial charge in [-0.3, -0.25) is 14.9 Å². The van der Waals surface area contributed by atoms with Crippen molar-refractivity contribution in [1.82, 2.24) is 5.43 Å². The molecule has 2 aromatic carbocycles. The third-order valence-corrected chi connectivity index (χ3v) is 4.91. The first-order chi connectivity index (χ1) is 15.5. The van der Waals surface area contributed by atoms with E-state index in [1.54, 1.807) is 13.2 Å². The summed E-state index contributed by atoms with van der Waals surface area (Å²) in [5, 5.41) is 14.6. The van der Waals surface area contributed by atoms with E-state index in [2.05, 4.69) is 17.5 Å². The molecule has 2 rings (SSSR count). The molecule has 0 saturated carbocycles. The number of nitrogens with zero attached hydrogens (tertiary/aromatic N) is 2. The second-order valence-corrected chi connectivity index (χ2v) is 7.38. The fourth-order valence-corrected chi connectivity index (χ4v) is 3.09. The van der Waals surface area contributed by atoms with Gasteiger partial charge in [0, 0.05) is 17.7 Å². The maximum Gasteiger partial charge on any atom is 0.271 e. The maximum atomic E-state index is 12.1. The molecule has 0 spiro atoms. The Bertz CT molecular complexity index is 897. The molecule has 0 atom stereocenters. The molecule has 2 aromatic rings. The fraction of sp³-hybridized carbons (Fsp3) is 0.417. The molecular formula is C24H31N3O5. The van der Waals surface area contributed by atoms with Crippen molar-refractivity contribution >= 4 is 17.8 Å². The van der Waals surface area contributed by atoms with Gasteiger partial charge in [-0.1, -0.05) is 45.4 Å². The normalized spacial score (nSPS) is 10.8. The number of unbranched alkanes of at least 4 members (excludes halogenated alkanes) is 6. The Morgan fingerprint density at radius 2 is 1.72 bits per heavy atom. The number of ether oxygens (including phenoxy) is 2. The lowest BCUT2D eigenvalue weighted by Crippen LogP contribution is -2.17. The highest BCUT2D eigenvalue weighted by atomic mass is 16.6. The van der Waals surface area contributed by atoms with E-state index in [1.165, 1.54) is 62.6 Å². The average molecular weight is 442 g/mol. The van der Waals surface area contributed by atoms with E-state index in [9.17, 15) is 14.9 Å². The molecule has 1 amide bonds. The molecule has 172 valence electrons. The van der Waals surface area contributed by atoms with Crippen molar-refractivity contribution in [2.45, 2.75) is 51.9 Å². The summed E-state index contributed by atoms with van der Waals surface area (Å²) in [5.74, 6) is 0.807. The summed E-state index contributed by atoms with van der Waals surface area (Å²) in [6, 6.07) is 10.7. The Hall–Kier alpha value is -3.42. The van der Waals surface area contributed by atoms with Crippen LogP contribution >= 0.6 is 0 Å². The van der Waals surface area contributed by atoms with Crippen LogP contribution in [0.15, 0.2) is 47.6 Å². The topological polar surface area (TPSA) is 103 Å². The van der Waals surface area contributed by atoms with E-state index < -0.39 is 10.8 Å². The van der Waals surface area contributed by atoms with E-state index >= 15 is 0 Å². The first kappa shape index (κ1) is 24.8. The molecule has 32 heavy (non-hydrogen) atoms. The van der Waals surface area contributed by atoms with Crippen LogP contribution in [0.1, 0.15) is 67.8 Å². The number of methoxy groups -OCH3 is 1. The van der Waals surface area contributed by atoms with Gasteiger partial charge in [0.25, 0.3) is 11.6 Å². The van der Waals surface area contributed by atoms with Crippen LogP contribution in [-0.4, -0.2) is 30.8 Å². The molecule has 8 heteroatoms. The van der Waals surface area contributed by atoms with Crippen LogP contribution < -0.4 is 14.9 Å². The van der Waals surface area contributed by atoms with E-state index in [-0.39, 0.29) is 11.3 Å². The van der Waals surface area contributed by atoms with Crippen LogP contribution in [0, 0.1) is 10.1 Å². The van der Waals surface area contributed by atoms with Gasteiger partial charge in [0.05, 0.1) is 24.9 Å². The van der Waals surface area contributed by atoms with Crippen LogP contribution in [0.5, 0.6) is 11.5 Å². The van der Waals surface area contributed by atoms with Crippen LogP contribution in [0.4, 0.5) is 5.69 Å². The molecular weight excluding hydrogens is 410 g/mol.